The van der Waals surface area contributed by atoms with Crippen molar-refractivity contribution in [2.45, 2.75) is 33.3 Å². The third kappa shape index (κ3) is 4.28. The molecule has 6 heteroatoms. The van der Waals surface area contributed by atoms with Crippen molar-refractivity contribution in [2.24, 2.45) is 0 Å². The molecule has 1 aromatic heterocycles. The van der Waals surface area contributed by atoms with Crippen LogP contribution in [0, 0.1) is 13.8 Å². The summed E-state index contributed by atoms with van der Waals surface area (Å²) < 4.78 is 5.72. The Morgan fingerprint density at radius 2 is 1.85 bits per heavy atom. The number of benzene rings is 2. The van der Waals surface area contributed by atoms with Gasteiger partial charge in [-0.05, 0) is 49.6 Å². The Morgan fingerprint density at radius 3 is 2.67 bits per heavy atom. The first-order valence-electron chi connectivity index (χ1n) is 8.82. The number of nitrogens with one attached hydrogen (secondary N) is 3. The van der Waals surface area contributed by atoms with Crippen LogP contribution in [0.1, 0.15) is 23.6 Å². The molecule has 0 bridgehead atoms. The van der Waals surface area contributed by atoms with Crippen molar-refractivity contribution in [3.05, 3.63) is 65.4 Å². The maximum atomic E-state index is 12.2. The van der Waals surface area contributed by atoms with E-state index in [4.69, 9.17) is 4.74 Å². The standard InChI is InChI=1S/C21H23N3O3/c1-13-7-6-10-19(14(13)2)27-15(3)21(26)24-23-20(25)11-16-12-22-18-9-5-4-8-17(16)18/h4-10,12,15,22H,11H2,1-3H3,(H,23,25)(H,24,26)/t15-/m1/s1. The SMILES string of the molecule is Cc1cccc(O[C@H](C)C(=O)NNC(=O)Cc2c[nH]c3ccccc23)c1C. The van der Waals surface area contributed by atoms with Gasteiger partial charge in [-0.2, -0.15) is 0 Å². The fourth-order valence-electron chi connectivity index (χ4n) is 2.82. The highest BCUT2D eigenvalue weighted by Gasteiger charge is 2.17. The zero-order valence-electron chi connectivity index (χ0n) is 15.6. The first kappa shape index (κ1) is 18.5. The number of para-hydroxylation sites is 1. The number of fused-ring (bicyclic) bond motifs is 1. The van der Waals surface area contributed by atoms with Gasteiger partial charge in [0.25, 0.3) is 5.91 Å². The van der Waals surface area contributed by atoms with Gasteiger partial charge < -0.3 is 9.72 Å². The van der Waals surface area contributed by atoms with E-state index in [1.165, 1.54) is 0 Å². The highest BCUT2D eigenvalue weighted by atomic mass is 16.5. The minimum atomic E-state index is -0.737. The van der Waals surface area contributed by atoms with Gasteiger partial charge in [0, 0.05) is 17.1 Å². The van der Waals surface area contributed by atoms with Crippen molar-refractivity contribution < 1.29 is 14.3 Å². The van der Waals surface area contributed by atoms with Gasteiger partial charge in [-0.1, -0.05) is 30.3 Å². The number of rotatable bonds is 5. The zero-order valence-corrected chi connectivity index (χ0v) is 15.6. The maximum absolute atomic E-state index is 12.2. The Morgan fingerprint density at radius 1 is 1.07 bits per heavy atom. The van der Waals surface area contributed by atoms with Gasteiger partial charge in [0.1, 0.15) is 5.75 Å². The highest BCUT2D eigenvalue weighted by Crippen LogP contribution is 2.21. The average Bonchev–Trinajstić information content (AvgIpc) is 3.06. The summed E-state index contributed by atoms with van der Waals surface area (Å²) in [7, 11) is 0. The van der Waals surface area contributed by atoms with Crippen LogP contribution in [0.2, 0.25) is 0 Å². The van der Waals surface area contributed by atoms with Crippen LogP contribution in [-0.2, 0) is 16.0 Å². The van der Waals surface area contributed by atoms with E-state index in [1.807, 2.05) is 56.3 Å². The second kappa shape index (κ2) is 7.95. The molecule has 140 valence electrons. The van der Waals surface area contributed by atoms with E-state index in [9.17, 15) is 9.59 Å². The number of ether oxygens (including phenoxy) is 1. The molecule has 2 amide bonds. The summed E-state index contributed by atoms with van der Waals surface area (Å²) in [4.78, 5) is 27.5. The van der Waals surface area contributed by atoms with Gasteiger partial charge in [0.2, 0.25) is 5.91 Å². The van der Waals surface area contributed by atoms with E-state index in [1.54, 1.807) is 13.1 Å². The quantitative estimate of drug-likeness (QED) is 0.608. The lowest BCUT2D eigenvalue weighted by molar-refractivity contribution is -0.132. The first-order valence-corrected chi connectivity index (χ1v) is 8.82. The van der Waals surface area contributed by atoms with E-state index in [2.05, 4.69) is 15.8 Å². The lowest BCUT2D eigenvalue weighted by Gasteiger charge is -2.17. The summed E-state index contributed by atoms with van der Waals surface area (Å²) in [5, 5.41) is 0.991. The Bertz CT molecular complexity index is 978. The number of aryl methyl sites for hydroxylation is 1. The molecule has 3 N–H and O–H groups in total. The molecule has 0 saturated carbocycles. The van der Waals surface area contributed by atoms with Crippen LogP contribution in [0.25, 0.3) is 10.9 Å². The van der Waals surface area contributed by atoms with Crippen LogP contribution in [0.15, 0.2) is 48.7 Å². The Hall–Kier alpha value is -3.28. The van der Waals surface area contributed by atoms with Gasteiger partial charge >= 0.3 is 0 Å². The molecule has 1 heterocycles. The monoisotopic (exact) mass is 365 g/mol. The second-order valence-electron chi connectivity index (χ2n) is 6.53. The van der Waals surface area contributed by atoms with Gasteiger partial charge in [0.15, 0.2) is 6.10 Å². The van der Waals surface area contributed by atoms with Crippen LogP contribution < -0.4 is 15.6 Å². The third-order valence-corrected chi connectivity index (χ3v) is 4.58. The Kier molecular flexibility index (Phi) is 5.45. The van der Waals surface area contributed by atoms with E-state index in [0.717, 1.165) is 27.6 Å². The highest BCUT2D eigenvalue weighted by molar-refractivity contribution is 5.90. The molecule has 3 aromatic rings. The molecule has 0 radical (unpaired) electrons. The Balaban J connectivity index is 1.53. The molecule has 0 saturated heterocycles. The summed E-state index contributed by atoms with van der Waals surface area (Å²) in [6.07, 6.45) is 1.23. The minimum Gasteiger partial charge on any atom is -0.481 e. The number of hydrogen-bond acceptors (Lipinski definition) is 3. The number of aromatic nitrogens is 1. The number of aromatic amines is 1. The molecule has 0 aliphatic carbocycles. The van der Waals surface area contributed by atoms with Crippen molar-refractivity contribution in [1.82, 2.24) is 15.8 Å². The van der Waals surface area contributed by atoms with Crippen molar-refractivity contribution in [3.8, 4) is 5.75 Å². The topological polar surface area (TPSA) is 83.2 Å². The number of H-pyrrole nitrogens is 1. The summed E-state index contributed by atoms with van der Waals surface area (Å²) in [6.45, 7) is 5.57. The van der Waals surface area contributed by atoms with Crippen LogP contribution in [0.4, 0.5) is 0 Å². The fraction of sp³-hybridized carbons (Fsp3) is 0.238. The zero-order chi connectivity index (χ0) is 19.4. The number of hydrogen-bond donors (Lipinski definition) is 3. The lowest BCUT2D eigenvalue weighted by atomic mass is 10.1. The molecule has 0 aliphatic rings. The van der Waals surface area contributed by atoms with Crippen molar-refractivity contribution >= 4 is 22.7 Å². The molecular weight excluding hydrogens is 342 g/mol. The van der Waals surface area contributed by atoms with Gasteiger partial charge in [0.05, 0.1) is 6.42 Å². The van der Waals surface area contributed by atoms with Crippen LogP contribution in [0.5, 0.6) is 5.75 Å². The fourth-order valence-corrected chi connectivity index (χ4v) is 2.82. The number of hydrazine groups is 1. The minimum absolute atomic E-state index is 0.163. The summed E-state index contributed by atoms with van der Waals surface area (Å²) in [6, 6.07) is 13.4. The molecule has 0 fully saturated rings. The number of amides is 2. The van der Waals surface area contributed by atoms with Crippen LogP contribution in [0.3, 0.4) is 0 Å². The lowest BCUT2D eigenvalue weighted by Crippen LogP contribution is -2.47. The third-order valence-electron chi connectivity index (χ3n) is 4.58. The normalized spacial score (nSPS) is 11.8. The molecule has 1 atom stereocenters. The molecule has 3 rings (SSSR count). The van der Waals surface area contributed by atoms with E-state index in [0.29, 0.717) is 5.75 Å². The van der Waals surface area contributed by atoms with Crippen molar-refractivity contribution in [3.63, 3.8) is 0 Å². The first-order chi connectivity index (χ1) is 13.0. The van der Waals surface area contributed by atoms with Gasteiger partial charge in [-0.25, -0.2) is 0 Å². The van der Waals surface area contributed by atoms with Crippen LogP contribution in [-0.4, -0.2) is 22.9 Å². The van der Waals surface area contributed by atoms with E-state index < -0.39 is 12.0 Å². The molecule has 2 aromatic carbocycles. The molecular formula is C21H23N3O3. The molecule has 27 heavy (non-hydrogen) atoms. The molecule has 6 nitrogen and oxygen atoms in total. The number of carbonyl (C=O) groups is 2. The summed E-state index contributed by atoms with van der Waals surface area (Å²) in [5.74, 6) is -0.0574. The predicted octanol–water partition coefficient (Wildman–Crippen LogP) is 2.94. The van der Waals surface area contributed by atoms with E-state index >= 15 is 0 Å². The second-order valence-corrected chi connectivity index (χ2v) is 6.53. The molecule has 0 unspecified atom stereocenters. The Labute approximate surface area is 157 Å². The maximum Gasteiger partial charge on any atom is 0.279 e. The van der Waals surface area contributed by atoms with Crippen molar-refractivity contribution in [2.75, 3.05) is 0 Å². The van der Waals surface area contributed by atoms with Crippen molar-refractivity contribution in [1.29, 1.82) is 0 Å². The predicted molar refractivity (Wildman–Crippen MR) is 104 cm³/mol. The van der Waals surface area contributed by atoms with Gasteiger partial charge in [-0.3, -0.25) is 20.4 Å². The molecule has 0 aliphatic heterocycles. The van der Waals surface area contributed by atoms with Gasteiger partial charge in [-0.15, -0.1) is 0 Å². The molecule has 0 spiro atoms. The smallest absolute Gasteiger partial charge is 0.279 e. The summed E-state index contributed by atoms with van der Waals surface area (Å²) in [5.41, 5.74) is 8.79. The summed E-state index contributed by atoms with van der Waals surface area (Å²) >= 11 is 0. The van der Waals surface area contributed by atoms with Crippen LogP contribution >= 0.6 is 0 Å². The average molecular weight is 365 g/mol. The largest absolute Gasteiger partial charge is 0.481 e. The van der Waals surface area contributed by atoms with E-state index in [-0.39, 0.29) is 12.3 Å². The number of carbonyl (C=O) groups excluding carboxylic acids is 2.